The highest BCUT2D eigenvalue weighted by molar-refractivity contribution is 5.36. The molecular formula is C16H27NO. The van der Waals surface area contributed by atoms with Gasteiger partial charge >= 0.3 is 0 Å². The Balaban J connectivity index is 2.73. The molecule has 1 aromatic carbocycles. The van der Waals surface area contributed by atoms with Crippen molar-refractivity contribution in [3.8, 4) is 5.75 Å². The second kappa shape index (κ2) is 8.15. The molecule has 2 heteroatoms. The van der Waals surface area contributed by atoms with Gasteiger partial charge in [-0.25, -0.2) is 0 Å². The van der Waals surface area contributed by atoms with Crippen LogP contribution in [0, 0.1) is 5.92 Å². The average molecular weight is 249 g/mol. The number of hydrogen-bond acceptors (Lipinski definition) is 2. The van der Waals surface area contributed by atoms with E-state index in [1.807, 2.05) is 0 Å². The lowest BCUT2D eigenvalue weighted by Gasteiger charge is -2.15. The first-order chi connectivity index (χ1) is 8.71. The first-order valence-electron chi connectivity index (χ1n) is 7.15. The zero-order valence-corrected chi connectivity index (χ0v) is 12.0. The summed E-state index contributed by atoms with van der Waals surface area (Å²) in [5, 5.41) is 0. The van der Waals surface area contributed by atoms with E-state index in [-0.39, 0.29) is 0 Å². The van der Waals surface area contributed by atoms with Crippen LogP contribution in [0.25, 0.3) is 0 Å². The van der Waals surface area contributed by atoms with E-state index in [0.29, 0.717) is 5.92 Å². The van der Waals surface area contributed by atoms with Crippen LogP contribution in [0.4, 0.5) is 0 Å². The fourth-order valence-corrected chi connectivity index (χ4v) is 2.20. The lowest BCUT2D eigenvalue weighted by Crippen LogP contribution is -2.09. The Morgan fingerprint density at radius 1 is 1.22 bits per heavy atom. The number of hydrogen-bond donors (Lipinski definition) is 1. The minimum absolute atomic E-state index is 0.655. The SMILES string of the molecule is CCCOc1ccc(CC(C)CCN)c(CC)c1. The van der Waals surface area contributed by atoms with Crippen LogP contribution in [0.2, 0.25) is 0 Å². The van der Waals surface area contributed by atoms with Crippen molar-refractivity contribution in [1.29, 1.82) is 0 Å². The van der Waals surface area contributed by atoms with Gasteiger partial charge in [0, 0.05) is 0 Å². The fourth-order valence-electron chi connectivity index (χ4n) is 2.20. The quantitative estimate of drug-likeness (QED) is 0.764. The molecule has 0 aliphatic heterocycles. The predicted octanol–water partition coefficient (Wildman–Crippen LogP) is 3.57. The van der Waals surface area contributed by atoms with Crippen molar-refractivity contribution in [2.75, 3.05) is 13.2 Å². The van der Waals surface area contributed by atoms with Crippen molar-refractivity contribution in [3.63, 3.8) is 0 Å². The summed E-state index contributed by atoms with van der Waals surface area (Å²) in [4.78, 5) is 0. The molecule has 0 saturated carbocycles. The Hall–Kier alpha value is -1.02. The maximum Gasteiger partial charge on any atom is 0.119 e. The first kappa shape index (κ1) is 15.0. The van der Waals surface area contributed by atoms with Crippen LogP contribution in [0.3, 0.4) is 0 Å². The third kappa shape index (κ3) is 4.69. The van der Waals surface area contributed by atoms with Gasteiger partial charge in [-0.05, 0) is 61.4 Å². The van der Waals surface area contributed by atoms with Crippen molar-refractivity contribution in [3.05, 3.63) is 29.3 Å². The molecule has 0 radical (unpaired) electrons. The third-order valence-corrected chi connectivity index (χ3v) is 3.26. The van der Waals surface area contributed by atoms with Crippen molar-refractivity contribution in [1.82, 2.24) is 0 Å². The van der Waals surface area contributed by atoms with Crippen LogP contribution >= 0.6 is 0 Å². The smallest absolute Gasteiger partial charge is 0.119 e. The molecule has 0 aliphatic rings. The molecule has 0 amide bonds. The predicted molar refractivity (Wildman–Crippen MR) is 78.1 cm³/mol. The number of nitrogens with two attached hydrogens (primary N) is 1. The molecule has 1 aromatic rings. The van der Waals surface area contributed by atoms with Gasteiger partial charge < -0.3 is 10.5 Å². The van der Waals surface area contributed by atoms with E-state index in [4.69, 9.17) is 10.5 Å². The van der Waals surface area contributed by atoms with E-state index in [1.54, 1.807) is 0 Å². The molecule has 0 saturated heterocycles. The molecule has 18 heavy (non-hydrogen) atoms. The molecule has 2 N–H and O–H groups in total. The summed E-state index contributed by atoms with van der Waals surface area (Å²) in [5.41, 5.74) is 8.47. The highest BCUT2D eigenvalue weighted by Crippen LogP contribution is 2.22. The maximum absolute atomic E-state index is 5.69. The van der Waals surface area contributed by atoms with Crippen LogP contribution in [0.1, 0.15) is 44.7 Å². The van der Waals surface area contributed by atoms with Crippen molar-refractivity contribution in [2.24, 2.45) is 11.7 Å². The minimum Gasteiger partial charge on any atom is -0.494 e. The largest absolute Gasteiger partial charge is 0.494 e. The Morgan fingerprint density at radius 2 is 2.00 bits per heavy atom. The van der Waals surface area contributed by atoms with Gasteiger partial charge in [0.05, 0.1) is 6.61 Å². The normalized spacial score (nSPS) is 12.4. The van der Waals surface area contributed by atoms with Gasteiger partial charge in [-0.15, -0.1) is 0 Å². The Bertz CT molecular complexity index is 349. The van der Waals surface area contributed by atoms with Crippen LogP contribution in [-0.2, 0) is 12.8 Å². The third-order valence-electron chi connectivity index (χ3n) is 3.26. The topological polar surface area (TPSA) is 35.2 Å². The summed E-state index contributed by atoms with van der Waals surface area (Å²) in [6.45, 7) is 8.18. The molecule has 0 aliphatic carbocycles. The average Bonchev–Trinajstić information content (AvgIpc) is 2.37. The molecule has 0 bridgehead atoms. The molecule has 0 fully saturated rings. The summed E-state index contributed by atoms with van der Waals surface area (Å²) in [6.07, 6.45) is 4.33. The molecule has 1 atom stereocenters. The van der Waals surface area contributed by atoms with Gasteiger partial charge in [0.2, 0.25) is 0 Å². The lowest BCUT2D eigenvalue weighted by molar-refractivity contribution is 0.317. The minimum atomic E-state index is 0.655. The van der Waals surface area contributed by atoms with Gasteiger partial charge in [0.25, 0.3) is 0 Å². The van der Waals surface area contributed by atoms with E-state index in [1.165, 1.54) is 11.1 Å². The van der Waals surface area contributed by atoms with Gasteiger partial charge in [-0.1, -0.05) is 26.8 Å². The standard InChI is InChI=1S/C16H27NO/c1-4-10-18-16-7-6-15(14(5-2)12-16)11-13(3)8-9-17/h6-7,12-13H,4-5,8-11,17H2,1-3H3. The molecular weight excluding hydrogens is 222 g/mol. The Morgan fingerprint density at radius 3 is 2.61 bits per heavy atom. The zero-order valence-electron chi connectivity index (χ0n) is 12.0. The van der Waals surface area contributed by atoms with Crippen LogP contribution in [0.15, 0.2) is 18.2 Å². The number of rotatable bonds is 8. The van der Waals surface area contributed by atoms with Gasteiger partial charge in [-0.3, -0.25) is 0 Å². The molecule has 1 unspecified atom stereocenters. The Labute approximate surface area is 112 Å². The second-order valence-corrected chi connectivity index (χ2v) is 5.02. The second-order valence-electron chi connectivity index (χ2n) is 5.02. The number of ether oxygens (including phenoxy) is 1. The molecule has 2 nitrogen and oxygen atoms in total. The summed E-state index contributed by atoms with van der Waals surface area (Å²) in [6, 6.07) is 6.51. The first-order valence-corrected chi connectivity index (χ1v) is 7.15. The van der Waals surface area contributed by atoms with Crippen LogP contribution in [-0.4, -0.2) is 13.2 Å². The van der Waals surface area contributed by atoms with Crippen molar-refractivity contribution >= 4 is 0 Å². The number of aryl methyl sites for hydroxylation is 1. The van der Waals surface area contributed by atoms with E-state index in [2.05, 4.69) is 39.0 Å². The molecule has 0 spiro atoms. The number of benzene rings is 1. The maximum atomic E-state index is 5.69. The molecule has 0 aromatic heterocycles. The summed E-state index contributed by atoms with van der Waals surface area (Å²) in [7, 11) is 0. The Kier molecular flexibility index (Phi) is 6.81. The molecule has 0 heterocycles. The highest BCUT2D eigenvalue weighted by atomic mass is 16.5. The van der Waals surface area contributed by atoms with E-state index in [0.717, 1.165) is 44.6 Å². The van der Waals surface area contributed by atoms with Crippen molar-refractivity contribution < 1.29 is 4.74 Å². The summed E-state index contributed by atoms with van der Waals surface area (Å²) >= 11 is 0. The summed E-state index contributed by atoms with van der Waals surface area (Å²) < 4.78 is 5.69. The van der Waals surface area contributed by atoms with E-state index < -0.39 is 0 Å². The lowest BCUT2D eigenvalue weighted by atomic mass is 9.93. The highest BCUT2D eigenvalue weighted by Gasteiger charge is 2.08. The van der Waals surface area contributed by atoms with Gasteiger partial charge in [0.1, 0.15) is 5.75 Å². The monoisotopic (exact) mass is 249 g/mol. The summed E-state index contributed by atoms with van der Waals surface area (Å²) in [5.74, 6) is 1.66. The molecule has 1 rings (SSSR count). The zero-order chi connectivity index (χ0) is 13.4. The van der Waals surface area contributed by atoms with Crippen molar-refractivity contribution in [2.45, 2.75) is 46.5 Å². The van der Waals surface area contributed by atoms with E-state index >= 15 is 0 Å². The fraction of sp³-hybridized carbons (Fsp3) is 0.625. The van der Waals surface area contributed by atoms with E-state index in [9.17, 15) is 0 Å². The van der Waals surface area contributed by atoms with Crippen LogP contribution < -0.4 is 10.5 Å². The van der Waals surface area contributed by atoms with Gasteiger partial charge in [-0.2, -0.15) is 0 Å². The molecule has 102 valence electrons. The van der Waals surface area contributed by atoms with Gasteiger partial charge in [0.15, 0.2) is 0 Å². The van der Waals surface area contributed by atoms with Crippen LogP contribution in [0.5, 0.6) is 5.75 Å².